The average Bonchev–Trinajstić information content (AvgIpc) is 2.04. The van der Waals surface area contributed by atoms with Gasteiger partial charge in [-0.2, -0.15) is 0 Å². The van der Waals surface area contributed by atoms with Crippen LogP contribution in [0, 0.1) is 0 Å². The lowest BCUT2D eigenvalue weighted by Crippen LogP contribution is -2.05. The second-order valence-corrected chi connectivity index (χ2v) is 3.21. The summed E-state index contributed by atoms with van der Waals surface area (Å²) < 4.78 is 28.6. The first-order chi connectivity index (χ1) is 5.58. The lowest BCUT2D eigenvalue weighted by atomic mass is 10.6. The van der Waals surface area contributed by atoms with Crippen molar-refractivity contribution < 1.29 is 17.9 Å². The van der Waals surface area contributed by atoms with Crippen molar-refractivity contribution in [3.63, 3.8) is 0 Å². The Labute approximate surface area is 75.8 Å². The first-order valence-corrected chi connectivity index (χ1v) is 5.12. The van der Waals surface area contributed by atoms with Gasteiger partial charge in [0.1, 0.15) is 10.7 Å². The van der Waals surface area contributed by atoms with Crippen LogP contribution in [0.4, 0.5) is 0 Å². The molecule has 0 unspecified atom stereocenters. The zero-order valence-electron chi connectivity index (χ0n) is 8.07. The van der Waals surface area contributed by atoms with Crippen LogP contribution < -0.4 is 0 Å². The smallest absolute Gasteiger partial charge is 0.154 e. The molecule has 0 bridgehead atoms. The highest BCUT2D eigenvalue weighted by molar-refractivity contribution is 7.72. The molecular formula is C7H18O4S. The van der Waals surface area contributed by atoms with Crippen LogP contribution in [0.5, 0.6) is 0 Å². The van der Waals surface area contributed by atoms with Gasteiger partial charge < -0.3 is 9.47 Å². The van der Waals surface area contributed by atoms with Crippen molar-refractivity contribution in [2.45, 2.75) is 26.6 Å². The summed E-state index contributed by atoms with van der Waals surface area (Å²) in [5, 5.41) is 0. The van der Waals surface area contributed by atoms with Gasteiger partial charge in [0.15, 0.2) is 6.29 Å². The summed E-state index contributed by atoms with van der Waals surface area (Å²) in [5.74, 6) is 0.329. The summed E-state index contributed by atoms with van der Waals surface area (Å²) >= 11 is 0. The molecule has 76 valence electrons. The van der Waals surface area contributed by atoms with E-state index in [0.29, 0.717) is 5.75 Å². The molecular weight excluding hydrogens is 180 g/mol. The molecule has 0 aliphatic heterocycles. The van der Waals surface area contributed by atoms with Crippen LogP contribution in [0.2, 0.25) is 0 Å². The average molecular weight is 198 g/mol. The third kappa shape index (κ3) is 16.5. The van der Waals surface area contributed by atoms with Crippen LogP contribution in [0.1, 0.15) is 20.3 Å². The molecule has 0 amide bonds. The van der Waals surface area contributed by atoms with Crippen LogP contribution in [0.3, 0.4) is 0 Å². The fraction of sp³-hybridized carbons (Fsp3) is 1.00. The summed E-state index contributed by atoms with van der Waals surface area (Å²) in [5.41, 5.74) is 0. The zero-order chi connectivity index (χ0) is 9.98. The molecule has 0 rings (SSSR count). The van der Waals surface area contributed by atoms with Gasteiger partial charge in [-0.15, -0.1) is 0 Å². The molecule has 0 heterocycles. The number of methoxy groups -OCH3 is 2. The van der Waals surface area contributed by atoms with E-state index in [1.54, 1.807) is 14.2 Å². The molecule has 0 atom stereocenters. The van der Waals surface area contributed by atoms with Crippen molar-refractivity contribution >= 4 is 10.7 Å². The van der Waals surface area contributed by atoms with Crippen molar-refractivity contribution in [1.82, 2.24) is 0 Å². The Morgan fingerprint density at radius 3 is 1.67 bits per heavy atom. The normalized spacial score (nSPS) is 9.83. The maximum absolute atomic E-state index is 9.64. The van der Waals surface area contributed by atoms with E-state index in [4.69, 9.17) is 0 Å². The standard InChI is InChI=1S/C4H10O2.C3H8O2S/c1-4(5-2)6-3;1-2-3-6(4)5/h4H,1-3H3;6H,2-3H2,1H3. The maximum Gasteiger partial charge on any atom is 0.154 e. The second kappa shape index (κ2) is 10.9. The van der Waals surface area contributed by atoms with Gasteiger partial charge in [-0.1, -0.05) is 6.92 Å². The Morgan fingerprint density at radius 2 is 1.67 bits per heavy atom. The Morgan fingerprint density at radius 1 is 1.25 bits per heavy atom. The molecule has 0 spiro atoms. The first kappa shape index (κ1) is 14.4. The molecule has 0 aromatic carbocycles. The molecule has 0 saturated carbocycles. The van der Waals surface area contributed by atoms with E-state index in [-0.39, 0.29) is 6.29 Å². The molecule has 0 aromatic rings. The molecule has 4 nitrogen and oxygen atoms in total. The summed E-state index contributed by atoms with van der Waals surface area (Å²) in [6.45, 7) is 3.67. The summed E-state index contributed by atoms with van der Waals surface area (Å²) in [6, 6.07) is 0. The predicted molar refractivity (Wildman–Crippen MR) is 49.0 cm³/mol. The largest absolute Gasteiger partial charge is 0.356 e. The summed E-state index contributed by atoms with van der Waals surface area (Å²) in [4.78, 5) is 0. The van der Waals surface area contributed by atoms with E-state index in [1.807, 2.05) is 13.8 Å². The molecule has 0 aromatic heterocycles. The van der Waals surface area contributed by atoms with Crippen molar-refractivity contribution in [2.75, 3.05) is 20.0 Å². The van der Waals surface area contributed by atoms with Crippen LogP contribution in [-0.2, 0) is 20.2 Å². The van der Waals surface area contributed by atoms with E-state index < -0.39 is 10.7 Å². The highest BCUT2D eigenvalue weighted by Crippen LogP contribution is 1.82. The SMILES string of the molecule is CCC[SH](=O)=O.COC(C)OC. The van der Waals surface area contributed by atoms with E-state index in [9.17, 15) is 8.42 Å². The minimum absolute atomic E-state index is 0.0648. The van der Waals surface area contributed by atoms with E-state index in [2.05, 4.69) is 9.47 Å². The van der Waals surface area contributed by atoms with Crippen molar-refractivity contribution in [1.29, 1.82) is 0 Å². The molecule has 0 N–H and O–H groups in total. The van der Waals surface area contributed by atoms with E-state index in [1.165, 1.54) is 0 Å². The van der Waals surface area contributed by atoms with Gasteiger partial charge in [0.2, 0.25) is 0 Å². The van der Waals surface area contributed by atoms with Gasteiger partial charge in [-0.25, -0.2) is 8.42 Å². The number of hydrogen-bond donors (Lipinski definition) is 1. The lowest BCUT2D eigenvalue weighted by Gasteiger charge is -2.03. The first-order valence-electron chi connectivity index (χ1n) is 3.75. The topological polar surface area (TPSA) is 52.6 Å². The van der Waals surface area contributed by atoms with Crippen molar-refractivity contribution in [3.8, 4) is 0 Å². The van der Waals surface area contributed by atoms with Crippen molar-refractivity contribution in [2.24, 2.45) is 0 Å². The van der Waals surface area contributed by atoms with Gasteiger partial charge >= 0.3 is 0 Å². The minimum atomic E-state index is -2.10. The molecule has 5 heteroatoms. The Bertz CT molecular complexity index is 132. The Hall–Kier alpha value is -0.130. The predicted octanol–water partition coefficient (Wildman–Crippen LogP) is 0.633. The van der Waals surface area contributed by atoms with Gasteiger partial charge in [-0.3, -0.25) is 0 Å². The molecule has 0 radical (unpaired) electrons. The second-order valence-electron chi connectivity index (χ2n) is 2.10. The molecule has 0 aliphatic rings. The monoisotopic (exact) mass is 198 g/mol. The highest BCUT2D eigenvalue weighted by Gasteiger charge is 1.87. The van der Waals surface area contributed by atoms with Crippen LogP contribution in [0.15, 0.2) is 0 Å². The Balaban J connectivity index is 0. The number of rotatable bonds is 4. The zero-order valence-corrected chi connectivity index (χ0v) is 8.97. The molecule has 0 aliphatic carbocycles. The van der Waals surface area contributed by atoms with Gasteiger partial charge in [0, 0.05) is 20.0 Å². The minimum Gasteiger partial charge on any atom is -0.356 e. The molecule has 12 heavy (non-hydrogen) atoms. The number of hydrogen-bond acceptors (Lipinski definition) is 4. The summed E-state index contributed by atoms with van der Waals surface area (Å²) in [7, 11) is 1.11. The molecule has 0 saturated heterocycles. The third-order valence-corrected chi connectivity index (χ3v) is 1.88. The summed E-state index contributed by atoms with van der Waals surface area (Å²) in [6.07, 6.45) is 0.670. The fourth-order valence-electron chi connectivity index (χ4n) is 0.279. The maximum atomic E-state index is 9.64. The fourth-order valence-corrected chi connectivity index (χ4v) is 0.644. The van der Waals surface area contributed by atoms with E-state index >= 15 is 0 Å². The van der Waals surface area contributed by atoms with Gasteiger partial charge in [-0.05, 0) is 13.3 Å². The highest BCUT2D eigenvalue weighted by atomic mass is 32.2. The quantitative estimate of drug-likeness (QED) is 0.532. The van der Waals surface area contributed by atoms with E-state index in [0.717, 1.165) is 6.42 Å². The number of ether oxygens (including phenoxy) is 2. The van der Waals surface area contributed by atoms with Crippen molar-refractivity contribution in [3.05, 3.63) is 0 Å². The molecule has 0 fully saturated rings. The lowest BCUT2D eigenvalue weighted by molar-refractivity contribution is -0.0877. The van der Waals surface area contributed by atoms with Gasteiger partial charge in [0.25, 0.3) is 0 Å². The van der Waals surface area contributed by atoms with Crippen LogP contribution in [0.25, 0.3) is 0 Å². The Kier molecular flexibility index (Phi) is 13.0. The van der Waals surface area contributed by atoms with Crippen LogP contribution in [-0.4, -0.2) is 34.7 Å². The number of thiol groups is 1. The third-order valence-electron chi connectivity index (χ3n) is 1.07. The van der Waals surface area contributed by atoms with Crippen LogP contribution >= 0.6 is 0 Å². The van der Waals surface area contributed by atoms with Gasteiger partial charge in [0.05, 0.1) is 0 Å².